The van der Waals surface area contributed by atoms with Crippen molar-refractivity contribution in [3.63, 3.8) is 0 Å². The Bertz CT molecular complexity index is 487. The zero-order valence-corrected chi connectivity index (χ0v) is 11.8. The van der Waals surface area contributed by atoms with E-state index in [1.54, 1.807) is 24.0 Å². The molecule has 1 heterocycles. The van der Waals surface area contributed by atoms with Gasteiger partial charge in [0.2, 0.25) is 0 Å². The lowest BCUT2D eigenvalue weighted by atomic mass is 10.0. The van der Waals surface area contributed by atoms with Gasteiger partial charge in [0.05, 0.1) is 12.6 Å². The molecule has 1 atom stereocenters. The van der Waals surface area contributed by atoms with Crippen LogP contribution in [0.3, 0.4) is 0 Å². The van der Waals surface area contributed by atoms with Crippen LogP contribution in [0.15, 0.2) is 34.4 Å². The maximum atomic E-state index is 6.14. The van der Waals surface area contributed by atoms with Crippen molar-refractivity contribution in [1.29, 1.82) is 0 Å². The summed E-state index contributed by atoms with van der Waals surface area (Å²) < 4.78 is 6.36. The van der Waals surface area contributed by atoms with E-state index in [0.29, 0.717) is 0 Å². The lowest BCUT2D eigenvalue weighted by Gasteiger charge is -2.13. The molecule has 0 spiro atoms. The van der Waals surface area contributed by atoms with Crippen LogP contribution in [0.4, 0.5) is 0 Å². The van der Waals surface area contributed by atoms with Gasteiger partial charge in [0.1, 0.15) is 5.75 Å². The number of thiazole rings is 1. The van der Waals surface area contributed by atoms with E-state index in [1.807, 2.05) is 24.4 Å². The van der Waals surface area contributed by atoms with E-state index >= 15 is 0 Å². The second-order valence-electron chi connectivity index (χ2n) is 3.67. The highest BCUT2D eigenvalue weighted by atomic mass is 79.9. The van der Waals surface area contributed by atoms with E-state index < -0.39 is 0 Å². The van der Waals surface area contributed by atoms with Gasteiger partial charge in [-0.2, -0.15) is 0 Å². The van der Waals surface area contributed by atoms with Gasteiger partial charge in [-0.25, -0.2) is 0 Å². The fourth-order valence-electron chi connectivity index (χ4n) is 1.65. The van der Waals surface area contributed by atoms with Gasteiger partial charge in [-0.3, -0.25) is 4.98 Å². The molecule has 3 nitrogen and oxygen atoms in total. The monoisotopic (exact) mass is 312 g/mol. The first-order valence-electron chi connectivity index (χ1n) is 5.17. The summed E-state index contributed by atoms with van der Waals surface area (Å²) >= 11 is 5.04. The molecule has 0 amide bonds. The summed E-state index contributed by atoms with van der Waals surface area (Å²) in [6, 6.07) is 5.91. The first-order valence-corrected chi connectivity index (χ1v) is 6.84. The van der Waals surface area contributed by atoms with Gasteiger partial charge in [0, 0.05) is 21.6 Å². The molecule has 1 unspecified atom stereocenters. The number of rotatable bonds is 4. The number of aromatic nitrogens is 1. The van der Waals surface area contributed by atoms with Crippen molar-refractivity contribution in [3.05, 3.63) is 44.8 Å². The fourth-order valence-corrected chi connectivity index (χ4v) is 2.68. The Balaban J connectivity index is 2.20. The molecule has 1 aromatic carbocycles. The molecule has 0 aliphatic carbocycles. The number of halogens is 1. The third-order valence-corrected chi connectivity index (χ3v) is 3.90. The van der Waals surface area contributed by atoms with Crippen molar-refractivity contribution < 1.29 is 4.74 Å². The Morgan fingerprint density at radius 2 is 2.35 bits per heavy atom. The smallest absolute Gasteiger partial charge is 0.122 e. The molecule has 0 saturated heterocycles. The number of benzene rings is 1. The van der Waals surface area contributed by atoms with Crippen LogP contribution in [-0.2, 0) is 6.42 Å². The molecule has 1 aromatic heterocycles. The average Bonchev–Trinajstić information content (AvgIpc) is 2.83. The molecule has 0 bridgehead atoms. The van der Waals surface area contributed by atoms with Gasteiger partial charge in [-0.1, -0.05) is 15.9 Å². The predicted octanol–water partition coefficient (Wildman–Crippen LogP) is 3.16. The molecule has 2 N–H and O–H groups in total. The maximum Gasteiger partial charge on any atom is 0.122 e. The first-order chi connectivity index (χ1) is 8.20. The Hall–Kier alpha value is -0.910. The van der Waals surface area contributed by atoms with E-state index in [-0.39, 0.29) is 6.04 Å². The second-order valence-corrected chi connectivity index (χ2v) is 5.50. The third-order valence-electron chi connectivity index (χ3n) is 2.50. The molecule has 2 rings (SSSR count). The van der Waals surface area contributed by atoms with Crippen molar-refractivity contribution in [2.45, 2.75) is 12.5 Å². The maximum absolute atomic E-state index is 6.14. The van der Waals surface area contributed by atoms with E-state index in [9.17, 15) is 0 Å². The quantitative estimate of drug-likeness (QED) is 0.943. The standard InChI is InChI=1S/C12H13BrN2OS/c1-16-11-3-2-9(13)4-8(11)5-10(14)12-6-15-7-17-12/h2-4,6-7,10H,5,14H2,1H3. The molecule has 17 heavy (non-hydrogen) atoms. The topological polar surface area (TPSA) is 48.1 Å². The number of methoxy groups -OCH3 is 1. The highest BCUT2D eigenvalue weighted by Gasteiger charge is 2.12. The Kier molecular flexibility index (Phi) is 4.15. The van der Waals surface area contributed by atoms with Gasteiger partial charge < -0.3 is 10.5 Å². The molecule has 90 valence electrons. The van der Waals surface area contributed by atoms with Crippen molar-refractivity contribution in [2.75, 3.05) is 7.11 Å². The van der Waals surface area contributed by atoms with Gasteiger partial charge in [0.15, 0.2) is 0 Å². The van der Waals surface area contributed by atoms with Crippen LogP contribution in [-0.4, -0.2) is 12.1 Å². The van der Waals surface area contributed by atoms with Crippen molar-refractivity contribution in [1.82, 2.24) is 4.98 Å². The summed E-state index contributed by atoms with van der Waals surface area (Å²) in [6.45, 7) is 0. The lowest BCUT2D eigenvalue weighted by molar-refractivity contribution is 0.408. The summed E-state index contributed by atoms with van der Waals surface area (Å²) in [5, 5.41) is 0. The van der Waals surface area contributed by atoms with Crippen molar-refractivity contribution in [2.24, 2.45) is 5.73 Å². The zero-order chi connectivity index (χ0) is 12.3. The van der Waals surface area contributed by atoms with E-state index in [0.717, 1.165) is 27.1 Å². The van der Waals surface area contributed by atoms with Crippen molar-refractivity contribution in [3.8, 4) is 5.75 Å². The highest BCUT2D eigenvalue weighted by Crippen LogP contribution is 2.27. The molecular weight excluding hydrogens is 300 g/mol. The summed E-state index contributed by atoms with van der Waals surface area (Å²) in [4.78, 5) is 5.13. The van der Waals surface area contributed by atoms with Crippen LogP contribution in [0.5, 0.6) is 5.75 Å². The summed E-state index contributed by atoms with van der Waals surface area (Å²) in [5.41, 5.74) is 9.04. The summed E-state index contributed by atoms with van der Waals surface area (Å²) in [7, 11) is 1.67. The molecule has 0 fully saturated rings. The first kappa shape index (κ1) is 12.5. The van der Waals surface area contributed by atoms with Crippen LogP contribution in [0.25, 0.3) is 0 Å². The second kappa shape index (κ2) is 5.62. The van der Waals surface area contributed by atoms with Gasteiger partial charge in [-0.15, -0.1) is 11.3 Å². The molecular formula is C12H13BrN2OS. The number of nitrogens with two attached hydrogens (primary N) is 1. The highest BCUT2D eigenvalue weighted by molar-refractivity contribution is 9.10. The molecule has 0 aliphatic rings. The minimum Gasteiger partial charge on any atom is -0.496 e. The third kappa shape index (κ3) is 3.06. The normalized spacial score (nSPS) is 12.4. The largest absolute Gasteiger partial charge is 0.496 e. The molecule has 0 aliphatic heterocycles. The predicted molar refractivity (Wildman–Crippen MR) is 73.4 cm³/mol. The minimum absolute atomic E-state index is 0.0364. The number of ether oxygens (including phenoxy) is 1. The minimum atomic E-state index is -0.0364. The number of nitrogens with zero attached hydrogens (tertiary/aromatic N) is 1. The Morgan fingerprint density at radius 1 is 1.53 bits per heavy atom. The molecule has 0 saturated carbocycles. The fraction of sp³-hybridized carbons (Fsp3) is 0.250. The molecule has 0 radical (unpaired) electrons. The van der Waals surface area contributed by atoms with Gasteiger partial charge in [0.25, 0.3) is 0 Å². The van der Waals surface area contributed by atoms with Gasteiger partial charge >= 0.3 is 0 Å². The molecule has 5 heteroatoms. The van der Waals surface area contributed by atoms with E-state index in [1.165, 1.54) is 0 Å². The van der Waals surface area contributed by atoms with Crippen LogP contribution in [0, 0.1) is 0 Å². The lowest BCUT2D eigenvalue weighted by Crippen LogP contribution is -2.12. The van der Waals surface area contributed by atoms with E-state index in [4.69, 9.17) is 10.5 Å². The van der Waals surface area contributed by atoms with Crippen LogP contribution in [0.1, 0.15) is 16.5 Å². The van der Waals surface area contributed by atoms with Crippen LogP contribution >= 0.6 is 27.3 Å². The average molecular weight is 313 g/mol. The molecule has 2 aromatic rings. The van der Waals surface area contributed by atoms with Gasteiger partial charge in [-0.05, 0) is 30.2 Å². The van der Waals surface area contributed by atoms with E-state index in [2.05, 4.69) is 20.9 Å². The SMILES string of the molecule is COc1ccc(Br)cc1CC(N)c1cncs1. The summed E-state index contributed by atoms with van der Waals surface area (Å²) in [6.07, 6.45) is 2.56. The number of hydrogen-bond acceptors (Lipinski definition) is 4. The van der Waals surface area contributed by atoms with Crippen LogP contribution in [0.2, 0.25) is 0 Å². The van der Waals surface area contributed by atoms with Crippen LogP contribution < -0.4 is 10.5 Å². The zero-order valence-electron chi connectivity index (χ0n) is 9.39. The Labute approximate surface area is 113 Å². The Morgan fingerprint density at radius 3 is 3.00 bits per heavy atom. The summed E-state index contributed by atoms with van der Waals surface area (Å²) in [5.74, 6) is 0.869. The number of hydrogen-bond donors (Lipinski definition) is 1. The van der Waals surface area contributed by atoms with Crippen molar-refractivity contribution >= 4 is 27.3 Å².